The monoisotopic (exact) mass is 411 g/mol. The van der Waals surface area contributed by atoms with Crippen LogP contribution in [0.15, 0.2) is 36.4 Å². The molecule has 2 aromatic carbocycles. The maximum atomic E-state index is 13.2. The van der Waals surface area contributed by atoms with Crippen LogP contribution in [0.5, 0.6) is 5.75 Å². The Balaban J connectivity index is 1.86. The molecular weight excluding hydrogens is 392 g/mol. The van der Waals surface area contributed by atoms with E-state index in [1.807, 2.05) is 0 Å². The van der Waals surface area contributed by atoms with Crippen LogP contribution in [-0.2, 0) is 11.3 Å². The van der Waals surface area contributed by atoms with Gasteiger partial charge in [0.2, 0.25) is 0 Å². The molecule has 1 heterocycles. The number of hydrogen-bond acceptors (Lipinski definition) is 3. The van der Waals surface area contributed by atoms with Gasteiger partial charge in [-0.2, -0.15) is 0 Å². The Bertz CT molecular complexity index is 784. The van der Waals surface area contributed by atoms with Crippen LogP contribution >= 0.6 is 23.2 Å². The summed E-state index contributed by atoms with van der Waals surface area (Å²) in [6, 6.07) is 9.18. The van der Waals surface area contributed by atoms with Crippen LogP contribution in [0, 0.1) is 5.82 Å². The standard InChI is InChI=1S/C20H20Cl2FNO3/c1-26-19-17(21)9-14(10-18(19)22)20(25)24(12-16-3-2-8-27-16)11-13-4-6-15(23)7-5-13/h4-7,9-10,16H,2-3,8,11-12H2,1H3. The second kappa shape index (κ2) is 8.91. The van der Waals surface area contributed by atoms with Gasteiger partial charge in [0.15, 0.2) is 5.75 Å². The normalized spacial score (nSPS) is 16.4. The van der Waals surface area contributed by atoms with Crippen LogP contribution in [-0.4, -0.2) is 37.2 Å². The van der Waals surface area contributed by atoms with E-state index in [0.717, 1.165) is 18.4 Å². The van der Waals surface area contributed by atoms with Crippen molar-refractivity contribution in [2.45, 2.75) is 25.5 Å². The Morgan fingerprint density at radius 2 is 1.93 bits per heavy atom. The first kappa shape index (κ1) is 19.9. The summed E-state index contributed by atoms with van der Waals surface area (Å²) in [4.78, 5) is 14.8. The molecule has 0 aromatic heterocycles. The highest BCUT2D eigenvalue weighted by molar-refractivity contribution is 6.37. The number of benzene rings is 2. The zero-order valence-corrected chi connectivity index (χ0v) is 16.4. The molecule has 1 aliphatic heterocycles. The number of carbonyl (C=O) groups is 1. The molecule has 0 N–H and O–H groups in total. The molecule has 2 aromatic rings. The zero-order valence-electron chi connectivity index (χ0n) is 14.9. The molecule has 3 rings (SSSR count). The second-order valence-corrected chi connectivity index (χ2v) is 7.23. The maximum Gasteiger partial charge on any atom is 0.254 e. The first-order valence-electron chi connectivity index (χ1n) is 8.66. The van der Waals surface area contributed by atoms with Gasteiger partial charge in [0.25, 0.3) is 5.91 Å². The lowest BCUT2D eigenvalue weighted by molar-refractivity contribution is 0.0507. The first-order chi connectivity index (χ1) is 13.0. The average Bonchev–Trinajstić information content (AvgIpc) is 3.15. The highest BCUT2D eigenvalue weighted by Gasteiger charge is 2.25. The van der Waals surface area contributed by atoms with E-state index in [-0.39, 0.29) is 27.9 Å². The summed E-state index contributed by atoms with van der Waals surface area (Å²) in [7, 11) is 1.47. The molecule has 1 aliphatic rings. The lowest BCUT2D eigenvalue weighted by atomic mass is 10.1. The van der Waals surface area contributed by atoms with Crippen molar-refractivity contribution in [3.05, 3.63) is 63.4 Å². The fourth-order valence-corrected chi connectivity index (χ4v) is 3.77. The molecule has 1 amide bonds. The average molecular weight is 412 g/mol. The number of carbonyl (C=O) groups excluding carboxylic acids is 1. The van der Waals surface area contributed by atoms with Gasteiger partial charge in [-0.1, -0.05) is 35.3 Å². The van der Waals surface area contributed by atoms with Crippen LogP contribution in [0.1, 0.15) is 28.8 Å². The van der Waals surface area contributed by atoms with E-state index in [4.69, 9.17) is 32.7 Å². The molecule has 0 spiro atoms. The topological polar surface area (TPSA) is 38.8 Å². The van der Waals surface area contributed by atoms with Gasteiger partial charge in [0.1, 0.15) is 5.82 Å². The summed E-state index contributed by atoms with van der Waals surface area (Å²) in [5, 5.41) is 0.541. The Morgan fingerprint density at radius 3 is 2.48 bits per heavy atom. The van der Waals surface area contributed by atoms with Gasteiger partial charge in [-0.15, -0.1) is 0 Å². The lowest BCUT2D eigenvalue weighted by Gasteiger charge is -2.26. The number of amides is 1. The summed E-state index contributed by atoms with van der Waals surface area (Å²) in [5.74, 6) is -0.204. The fraction of sp³-hybridized carbons (Fsp3) is 0.350. The van der Waals surface area contributed by atoms with E-state index in [2.05, 4.69) is 0 Å². The van der Waals surface area contributed by atoms with Crippen molar-refractivity contribution in [2.75, 3.05) is 20.3 Å². The maximum absolute atomic E-state index is 13.2. The predicted molar refractivity (Wildman–Crippen MR) is 103 cm³/mol. The van der Waals surface area contributed by atoms with Crippen LogP contribution in [0.25, 0.3) is 0 Å². The third-order valence-corrected chi connectivity index (χ3v) is 5.03. The molecule has 27 heavy (non-hydrogen) atoms. The van der Waals surface area contributed by atoms with Gasteiger partial charge >= 0.3 is 0 Å². The van der Waals surface area contributed by atoms with Crippen molar-refractivity contribution >= 4 is 29.1 Å². The Morgan fingerprint density at radius 1 is 1.26 bits per heavy atom. The number of ether oxygens (including phenoxy) is 2. The van der Waals surface area contributed by atoms with Gasteiger partial charge in [0, 0.05) is 25.3 Å². The van der Waals surface area contributed by atoms with Crippen molar-refractivity contribution in [3.8, 4) is 5.75 Å². The third-order valence-electron chi connectivity index (χ3n) is 4.47. The Kier molecular flexibility index (Phi) is 6.58. The number of nitrogens with zero attached hydrogens (tertiary/aromatic N) is 1. The van der Waals surface area contributed by atoms with Gasteiger partial charge in [-0.3, -0.25) is 4.79 Å². The van der Waals surface area contributed by atoms with E-state index >= 15 is 0 Å². The second-order valence-electron chi connectivity index (χ2n) is 6.42. The number of halogens is 3. The van der Waals surface area contributed by atoms with Crippen molar-refractivity contribution in [2.24, 2.45) is 0 Å². The molecule has 1 atom stereocenters. The molecule has 0 aliphatic carbocycles. The minimum atomic E-state index is -0.315. The summed E-state index contributed by atoms with van der Waals surface area (Å²) >= 11 is 12.4. The van der Waals surface area contributed by atoms with E-state index in [0.29, 0.717) is 31.0 Å². The zero-order chi connectivity index (χ0) is 19.4. The lowest BCUT2D eigenvalue weighted by Crippen LogP contribution is -2.37. The van der Waals surface area contributed by atoms with Crippen molar-refractivity contribution in [1.29, 1.82) is 0 Å². The van der Waals surface area contributed by atoms with Crippen LogP contribution in [0.2, 0.25) is 10.0 Å². The van der Waals surface area contributed by atoms with Crippen LogP contribution < -0.4 is 4.74 Å². The summed E-state index contributed by atoms with van der Waals surface area (Å²) < 4.78 is 24.0. The Hall–Kier alpha value is -1.82. The largest absolute Gasteiger partial charge is 0.494 e. The van der Waals surface area contributed by atoms with Gasteiger partial charge in [0.05, 0.1) is 23.3 Å². The molecule has 144 valence electrons. The van der Waals surface area contributed by atoms with Gasteiger partial charge < -0.3 is 14.4 Å². The van der Waals surface area contributed by atoms with E-state index in [1.165, 1.54) is 19.2 Å². The third kappa shape index (κ3) is 4.92. The highest BCUT2D eigenvalue weighted by Crippen LogP contribution is 2.34. The molecule has 7 heteroatoms. The van der Waals surface area contributed by atoms with Gasteiger partial charge in [-0.05, 0) is 42.7 Å². The van der Waals surface area contributed by atoms with E-state index in [9.17, 15) is 9.18 Å². The summed E-state index contributed by atoms with van der Waals surface area (Å²) in [5.41, 5.74) is 1.19. The number of rotatable bonds is 6. The molecule has 4 nitrogen and oxygen atoms in total. The fourth-order valence-electron chi connectivity index (χ4n) is 3.12. The minimum absolute atomic E-state index is 0.0152. The molecule has 1 fully saturated rings. The van der Waals surface area contributed by atoms with E-state index in [1.54, 1.807) is 29.2 Å². The predicted octanol–water partition coefficient (Wildman–Crippen LogP) is 4.96. The molecular formula is C20H20Cl2FNO3. The van der Waals surface area contributed by atoms with Crippen LogP contribution in [0.4, 0.5) is 4.39 Å². The summed E-state index contributed by atoms with van der Waals surface area (Å²) in [6.07, 6.45) is 1.86. The molecule has 1 unspecified atom stereocenters. The quantitative estimate of drug-likeness (QED) is 0.673. The van der Waals surface area contributed by atoms with Gasteiger partial charge in [-0.25, -0.2) is 4.39 Å². The van der Waals surface area contributed by atoms with E-state index < -0.39 is 0 Å². The molecule has 0 bridgehead atoms. The number of methoxy groups -OCH3 is 1. The molecule has 0 saturated carbocycles. The number of hydrogen-bond donors (Lipinski definition) is 0. The van der Waals surface area contributed by atoms with Crippen molar-refractivity contribution in [3.63, 3.8) is 0 Å². The Labute approximate surface area is 167 Å². The molecule has 1 saturated heterocycles. The smallest absolute Gasteiger partial charge is 0.254 e. The molecule has 0 radical (unpaired) electrons. The minimum Gasteiger partial charge on any atom is -0.494 e. The van der Waals surface area contributed by atoms with Crippen molar-refractivity contribution in [1.82, 2.24) is 4.90 Å². The first-order valence-corrected chi connectivity index (χ1v) is 9.42. The summed E-state index contributed by atoms with van der Waals surface area (Å²) in [6.45, 7) is 1.47. The van der Waals surface area contributed by atoms with Crippen LogP contribution in [0.3, 0.4) is 0 Å². The SMILES string of the molecule is COc1c(Cl)cc(C(=O)N(Cc2ccc(F)cc2)CC2CCCO2)cc1Cl. The van der Waals surface area contributed by atoms with Crippen molar-refractivity contribution < 1.29 is 18.7 Å². The highest BCUT2D eigenvalue weighted by atomic mass is 35.5.